The van der Waals surface area contributed by atoms with Crippen LogP contribution in [0.3, 0.4) is 0 Å². The number of aromatic hydroxyl groups is 3. The molecule has 1 atom stereocenters. The monoisotopic (exact) mass is 706 g/mol. The molecular weight excluding hydrogens is 673 g/mol. The van der Waals surface area contributed by atoms with Gasteiger partial charge < -0.3 is 20.3 Å². The molecule has 8 aromatic rings. The lowest BCUT2D eigenvalue weighted by Crippen LogP contribution is -2.44. The van der Waals surface area contributed by atoms with Crippen molar-refractivity contribution in [3.05, 3.63) is 161 Å². The van der Waals surface area contributed by atoms with Crippen LogP contribution >= 0.6 is 0 Å². The van der Waals surface area contributed by atoms with Crippen LogP contribution in [0.15, 0.2) is 160 Å². The zero-order valence-electron chi connectivity index (χ0n) is 29.5. The molecule has 1 unspecified atom stereocenters. The van der Waals surface area contributed by atoms with Gasteiger partial charge in [0.25, 0.3) is 0 Å². The molecule has 0 fully saturated rings. The lowest BCUT2D eigenvalue weighted by molar-refractivity contribution is 0.469. The predicted molar refractivity (Wildman–Crippen MR) is 215 cm³/mol. The number of benzene rings is 7. The molecule has 262 valence electrons. The summed E-state index contributed by atoms with van der Waals surface area (Å²) >= 11 is 0. The molecule has 0 aliphatic carbocycles. The standard InChI is InChI=1S/C45H34N6O3/c1-45(31-18-21-40(44(54)25-31)49-47-38-16-8-12-30-10-4-6-14-34(30)38)27-42-35(36-26-32(52)19-22-41(36)51(42)50(45)2)23-28-17-20-39(43(53)24-28)48-46-37-15-7-11-29-9-3-5-13-33(29)37/h3-27,52-54H,1-2H3/b35-23-,48-46+,49-47+. The Labute approximate surface area is 310 Å². The van der Waals surface area contributed by atoms with E-state index < -0.39 is 5.54 Å². The van der Waals surface area contributed by atoms with Gasteiger partial charge in [0.1, 0.15) is 28.6 Å². The van der Waals surface area contributed by atoms with Crippen LogP contribution in [0.4, 0.5) is 22.7 Å². The van der Waals surface area contributed by atoms with Crippen molar-refractivity contribution in [2.75, 3.05) is 12.1 Å². The number of hydrogen-bond acceptors (Lipinski definition) is 8. The van der Waals surface area contributed by atoms with Gasteiger partial charge in [0.15, 0.2) is 0 Å². The highest BCUT2D eigenvalue weighted by molar-refractivity contribution is 5.93. The van der Waals surface area contributed by atoms with Crippen molar-refractivity contribution in [2.24, 2.45) is 20.5 Å². The maximum atomic E-state index is 11.2. The number of rotatable bonds is 6. The highest BCUT2D eigenvalue weighted by Gasteiger charge is 2.36. The normalized spacial score (nSPS) is 16.0. The maximum absolute atomic E-state index is 11.2. The molecule has 0 saturated heterocycles. The topological polar surface area (TPSA) is 118 Å². The minimum absolute atomic E-state index is 0.00477. The third kappa shape index (κ3) is 5.50. The Hall–Kier alpha value is -7.26. The van der Waals surface area contributed by atoms with Crippen molar-refractivity contribution in [3.63, 3.8) is 0 Å². The van der Waals surface area contributed by atoms with Crippen molar-refractivity contribution in [1.29, 1.82) is 0 Å². The fraction of sp³-hybridized carbons (Fsp3) is 0.0667. The zero-order chi connectivity index (χ0) is 37.0. The first-order chi connectivity index (χ1) is 26.3. The Bertz CT molecular complexity index is 2980. The largest absolute Gasteiger partial charge is 0.508 e. The van der Waals surface area contributed by atoms with Crippen LogP contribution in [0.5, 0.6) is 17.2 Å². The maximum Gasteiger partial charge on any atom is 0.143 e. The third-order valence-electron chi connectivity index (χ3n) is 10.3. The average Bonchev–Trinajstić information content (AvgIpc) is 3.62. The Kier molecular flexibility index (Phi) is 7.71. The summed E-state index contributed by atoms with van der Waals surface area (Å²) < 4.78 is 2.11. The van der Waals surface area contributed by atoms with Gasteiger partial charge in [-0.1, -0.05) is 84.9 Å². The summed E-state index contributed by atoms with van der Waals surface area (Å²) in [7, 11) is 2.00. The van der Waals surface area contributed by atoms with Gasteiger partial charge in [0.2, 0.25) is 0 Å². The van der Waals surface area contributed by atoms with Crippen LogP contribution in [-0.2, 0) is 5.54 Å². The number of azo groups is 2. The summed E-state index contributed by atoms with van der Waals surface area (Å²) in [5, 5.41) is 59.3. The molecule has 1 aliphatic rings. The molecule has 0 bridgehead atoms. The molecule has 0 amide bonds. The molecule has 9 heteroatoms. The van der Waals surface area contributed by atoms with E-state index in [1.54, 1.807) is 36.4 Å². The summed E-state index contributed by atoms with van der Waals surface area (Å²) in [5.41, 5.74) is 3.99. The van der Waals surface area contributed by atoms with Crippen LogP contribution in [0.1, 0.15) is 18.1 Å². The first-order valence-corrected chi connectivity index (χ1v) is 17.5. The Morgan fingerprint density at radius 2 is 1.13 bits per heavy atom. The number of phenols is 3. The molecule has 0 saturated carbocycles. The van der Waals surface area contributed by atoms with Crippen molar-refractivity contribution < 1.29 is 15.3 Å². The molecule has 54 heavy (non-hydrogen) atoms. The SMILES string of the molecule is CN1n2c(/c(=C\c3ccc(/N=N/c4cccc5ccccc45)c(O)c3)c3cc(O)ccc32)=CC1(C)c1ccc(/N=N/c2cccc3ccccc23)c(O)c1. The van der Waals surface area contributed by atoms with Crippen LogP contribution < -0.4 is 15.6 Å². The highest BCUT2D eigenvalue weighted by atomic mass is 16.3. The van der Waals surface area contributed by atoms with Crippen molar-refractivity contribution >= 4 is 67.3 Å². The van der Waals surface area contributed by atoms with Gasteiger partial charge in [0.05, 0.1) is 27.8 Å². The fourth-order valence-electron chi connectivity index (χ4n) is 7.37. The zero-order valence-corrected chi connectivity index (χ0v) is 29.5. The minimum atomic E-state index is -0.666. The lowest BCUT2D eigenvalue weighted by Gasteiger charge is -2.35. The molecule has 0 spiro atoms. The smallest absolute Gasteiger partial charge is 0.143 e. The second kappa shape index (κ2) is 12.8. The van der Waals surface area contributed by atoms with Crippen molar-refractivity contribution in [1.82, 2.24) is 4.68 Å². The van der Waals surface area contributed by atoms with E-state index in [0.29, 0.717) is 11.4 Å². The number of aromatic nitrogens is 1. The lowest BCUT2D eigenvalue weighted by atomic mass is 9.91. The van der Waals surface area contributed by atoms with Gasteiger partial charge >= 0.3 is 0 Å². The molecule has 9 nitrogen and oxygen atoms in total. The summed E-state index contributed by atoms with van der Waals surface area (Å²) in [5.74, 6) is 0.165. The minimum Gasteiger partial charge on any atom is -0.508 e. The molecule has 1 aliphatic heterocycles. The van der Waals surface area contributed by atoms with Gasteiger partial charge in [-0.2, -0.15) is 0 Å². The van der Waals surface area contributed by atoms with E-state index in [1.807, 2.05) is 116 Å². The van der Waals surface area contributed by atoms with E-state index in [-0.39, 0.29) is 17.2 Å². The number of phenolic OH excluding ortho intramolecular Hbond substituents is 3. The summed E-state index contributed by atoms with van der Waals surface area (Å²) in [6.07, 6.45) is 4.14. The number of hydrogen-bond donors (Lipinski definition) is 3. The second-order valence-corrected chi connectivity index (χ2v) is 13.6. The van der Waals surface area contributed by atoms with Gasteiger partial charge in [-0.25, -0.2) is 0 Å². The van der Waals surface area contributed by atoms with E-state index in [9.17, 15) is 15.3 Å². The highest BCUT2D eigenvalue weighted by Crippen LogP contribution is 2.39. The summed E-state index contributed by atoms with van der Waals surface area (Å²) in [6, 6.07) is 43.8. The molecular formula is C45H34N6O3. The Morgan fingerprint density at radius 3 is 1.76 bits per heavy atom. The van der Waals surface area contributed by atoms with E-state index in [4.69, 9.17) is 0 Å². The van der Waals surface area contributed by atoms with Crippen LogP contribution in [0, 0.1) is 0 Å². The first-order valence-electron chi connectivity index (χ1n) is 17.5. The van der Waals surface area contributed by atoms with Gasteiger partial charge in [0, 0.05) is 28.4 Å². The third-order valence-corrected chi connectivity index (χ3v) is 10.3. The summed E-state index contributed by atoms with van der Waals surface area (Å²) in [6.45, 7) is 2.09. The fourth-order valence-corrected chi connectivity index (χ4v) is 7.37. The van der Waals surface area contributed by atoms with Crippen molar-refractivity contribution in [3.8, 4) is 17.2 Å². The van der Waals surface area contributed by atoms with Gasteiger partial charge in [-0.15, -0.1) is 20.5 Å². The number of nitrogens with zero attached hydrogens (tertiary/aromatic N) is 6. The Morgan fingerprint density at radius 1 is 0.556 bits per heavy atom. The average molecular weight is 707 g/mol. The van der Waals surface area contributed by atoms with Crippen LogP contribution in [-0.4, -0.2) is 27.0 Å². The second-order valence-electron chi connectivity index (χ2n) is 13.6. The molecule has 0 radical (unpaired) electrons. The Balaban J connectivity index is 1.08. The molecule has 1 aromatic heterocycles. The van der Waals surface area contributed by atoms with E-state index >= 15 is 0 Å². The first kappa shape index (κ1) is 32.6. The molecule has 7 aromatic carbocycles. The van der Waals surface area contributed by atoms with Crippen molar-refractivity contribution in [2.45, 2.75) is 12.5 Å². The van der Waals surface area contributed by atoms with E-state index in [1.165, 1.54) is 0 Å². The molecule has 9 rings (SSSR count). The van der Waals surface area contributed by atoms with Crippen LogP contribution in [0.25, 0.3) is 44.6 Å². The summed E-state index contributed by atoms with van der Waals surface area (Å²) in [4.78, 5) is 0. The number of fused-ring (bicyclic) bond motifs is 5. The van der Waals surface area contributed by atoms with Gasteiger partial charge in [-0.3, -0.25) is 4.68 Å². The molecule has 2 heterocycles. The van der Waals surface area contributed by atoms with E-state index in [0.717, 1.165) is 65.5 Å². The van der Waals surface area contributed by atoms with Gasteiger partial charge in [-0.05, 0) is 95.6 Å². The predicted octanol–water partition coefficient (Wildman–Crippen LogP) is 10.0. The van der Waals surface area contributed by atoms with Crippen LogP contribution in [0.2, 0.25) is 0 Å². The molecule has 3 N–H and O–H groups in total. The quantitative estimate of drug-likeness (QED) is 0.149. The van der Waals surface area contributed by atoms with E-state index in [2.05, 4.69) is 43.1 Å².